The maximum Gasteiger partial charge on any atom is 0.119 e. The van der Waals surface area contributed by atoms with Crippen LogP contribution in [0.2, 0.25) is 0 Å². The molecule has 0 amide bonds. The largest absolute Gasteiger partial charge is 0.491 e. The van der Waals surface area contributed by atoms with Gasteiger partial charge in [-0.05, 0) is 25.1 Å². The molecule has 0 unspecified atom stereocenters. The van der Waals surface area contributed by atoms with E-state index in [-0.39, 0.29) is 0 Å². The normalized spacial score (nSPS) is 10.5. The van der Waals surface area contributed by atoms with Crippen LogP contribution in [-0.4, -0.2) is 46.6 Å². The molecule has 1 rings (SSSR count). The molecule has 0 atom stereocenters. The third-order valence-corrected chi connectivity index (χ3v) is 2.36. The number of benzene rings is 1. The van der Waals surface area contributed by atoms with Gasteiger partial charge in [0, 0.05) is 20.3 Å². The van der Waals surface area contributed by atoms with Crippen molar-refractivity contribution in [3.63, 3.8) is 0 Å². The van der Waals surface area contributed by atoms with Crippen molar-refractivity contribution in [2.45, 2.75) is 6.42 Å². The highest BCUT2D eigenvalue weighted by Crippen LogP contribution is 2.07. The molecule has 0 heterocycles. The summed E-state index contributed by atoms with van der Waals surface area (Å²) >= 11 is 0. The molecule has 0 spiro atoms. The van der Waals surface area contributed by atoms with Crippen LogP contribution in [0.1, 0.15) is 6.42 Å². The standard InChI is InChI=1S/C14H23NO3/c1-16-11-9-15-8-5-10-17-12-13-18-14-6-3-2-4-7-14/h2-4,6-7,15H,5,8-13H2,1H3. The predicted molar refractivity (Wildman–Crippen MR) is 72.1 cm³/mol. The highest BCUT2D eigenvalue weighted by Gasteiger charge is 1.92. The summed E-state index contributed by atoms with van der Waals surface area (Å²) in [5, 5.41) is 3.27. The van der Waals surface area contributed by atoms with Crippen LogP contribution < -0.4 is 10.1 Å². The van der Waals surface area contributed by atoms with E-state index in [2.05, 4.69) is 5.32 Å². The number of methoxy groups -OCH3 is 1. The summed E-state index contributed by atoms with van der Waals surface area (Å²) in [5.41, 5.74) is 0. The minimum Gasteiger partial charge on any atom is -0.491 e. The van der Waals surface area contributed by atoms with Gasteiger partial charge in [-0.2, -0.15) is 0 Å². The maximum absolute atomic E-state index is 5.51. The number of nitrogens with one attached hydrogen (secondary N) is 1. The van der Waals surface area contributed by atoms with E-state index in [0.717, 1.165) is 38.5 Å². The van der Waals surface area contributed by atoms with Crippen molar-refractivity contribution >= 4 is 0 Å². The van der Waals surface area contributed by atoms with Gasteiger partial charge in [0.15, 0.2) is 0 Å². The Bertz CT molecular complexity index is 280. The van der Waals surface area contributed by atoms with E-state index in [0.29, 0.717) is 13.2 Å². The Kier molecular flexibility index (Phi) is 9.16. The van der Waals surface area contributed by atoms with Crippen LogP contribution >= 0.6 is 0 Å². The predicted octanol–water partition coefficient (Wildman–Crippen LogP) is 1.71. The molecule has 102 valence electrons. The molecule has 0 saturated heterocycles. The number of rotatable bonds is 11. The summed E-state index contributed by atoms with van der Waals surface area (Å²) in [6.45, 7) is 4.61. The Morgan fingerprint density at radius 3 is 2.56 bits per heavy atom. The molecular formula is C14H23NO3. The summed E-state index contributed by atoms with van der Waals surface area (Å²) in [4.78, 5) is 0. The molecule has 0 aliphatic rings. The first-order valence-corrected chi connectivity index (χ1v) is 6.38. The number of para-hydroxylation sites is 1. The molecule has 0 saturated carbocycles. The van der Waals surface area contributed by atoms with Crippen molar-refractivity contribution in [3.05, 3.63) is 30.3 Å². The monoisotopic (exact) mass is 253 g/mol. The SMILES string of the molecule is COCCNCCCOCCOc1ccccc1. The van der Waals surface area contributed by atoms with Crippen molar-refractivity contribution in [3.8, 4) is 5.75 Å². The first-order valence-electron chi connectivity index (χ1n) is 6.38. The van der Waals surface area contributed by atoms with Crippen LogP contribution in [-0.2, 0) is 9.47 Å². The number of ether oxygens (including phenoxy) is 3. The van der Waals surface area contributed by atoms with Gasteiger partial charge >= 0.3 is 0 Å². The van der Waals surface area contributed by atoms with Crippen molar-refractivity contribution in [1.82, 2.24) is 5.32 Å². The van der Waals surface area contributed by atoms with Gasteiger partial charge in [-0.15, -0.1) is 0 Å². The van der Waals surface area contributed by atoms with Gasteiger partial charge in [-0.1, -0.05) is 18.2 Å². The minimum absolute atomic E-state index is 0.598. The van der Waals surface area contributed by atoms with E-state index in [4.69, 9.17) is 14.2 Å². The lowest BCUT2D eigenvalue weighted by Gasteiger charge is -2.07. The van der Waals surface area contributed by atoms with E-state index in [1.807, 2.05) is 30.3 Å². The van der Waals surface area contributed by atoms with E-state index in [9.17, 15) is 0 Å². The fraction of sp³-hybridized carbons (Fsp3) is 0.571. The van der Waals surface area contributed by atoms with Crippen LogP contribution in [0.5, 0.6) is 5.75 Å². The molecule has 1 aromatic carbocycles. The molecule has 0 bridgehead atoms. The summed E-state index contributed by atoms with van der Waals surface area (Å²) in [6, 6.07) is 9.78. The van der Waals surface area contributed by atoms with E-state index in [1.165, 1.54) is 0 Å². The lowest BCUT2D eigenvalue weighted by Crippen LogP contribution is -2.21. The number of hydrogen-bond acceptors (Lipinski definition) is 4. The molecule has 0 aromatic heterocycles. The Morgan fingerprint density at radius 2 is 1.78 bits per heavy atom. The molecular weight excluding hydrogens is 230 g/mol. The third kappa shape index (κ3) is 8.06. The first-order chi connectivity index (χ1) is 8.93. The molecule has 0 radical (unpaired) electrons. The second kappa shape index (κ2) is 11.0. The average molecular weight is 253 g/mol. The van der Waals surface area contributed by atoms with Crippen LogP contribution in [0.4, 0.5) is 0 Å². The van der Waals surface area contributed by atoms with E-state index < -0.39 is 0 Å². The van der Waals surface area contributed by atoms with Gasteiger partial charge in [0.1, 0.15) is 12.4 Å². The lowest BCUT2D eigenvalue weighted by molar-refractivity contribution is 0.0980. The highest BCUT2D eigenvalue weighted by atomic mass is 16.5. The second-order valence-electron chi connectivity index (χ2n) is 3.87. The van der Waals surface area contributed by atoms with Crippen LogP contribution in [0.3, 0.4) is 0 Å². The van der Waals surface area contributed by atoms with E-state index in [1.54, 1.807) is 7.11 Å². The third-order valence-electron chi connectivity index (χ3n) is 2.36. The van der Waals surface area contributed by atoms with Crippen molar-refractivity contribution in [2.75, 3.05) is 46.6 Å². The molecule has 1 aromatic rings. The Hall–Kier alpha value is -1.10. The molecule has 1 N–H and O–H groups in total. The maximum atomic E-state index is 5.51. The van der Waals surface area contributed by atoms with Crippen LogP contribution in [0.25, 0.3) is 0 Å². The smallest absolute Gasteiger partial charge is 0.119 e. The van der Waals surface area contributed by atoms with Crippen molar-refractivity contribution in [1.29, 1.82) is 0 Å². The van der Waals surface area contributed by atoms with Gasteiger partial charge in [-0.3, -0.25) is 0 Å². The van der Waals surface area contributed by atoms with Gasteiger partial charge in [0.05, 0.1) is 13.2 Å². The molecule has 18 heavy (non-hydrogen) atoms. The Morgan fingerprint density at radius 1 is 0.944 bits per heavy atom. The molecule has 4 heteroatoms. The summed E-state index contributed by atoms with van der Waals surface area (Å²) < 4.78 is 15.9. The summed E-state index contributed by atoms with van der Waals surface area (Å²) in [7, 11) is 1.71. The van der Waals surface area contributed by atoms with Gasteiger partial charge in [0.25, 0.3) is 0 Å². The first kappa shape index (κ1) is 15.0. The van der Waals surface area contributed by atoms with E-state index >= 15 is 0 Å². The van der Waals surface area contributed by atoms with Gasteiger partial charge < -0.3 is 19.5 Å². The fourth-order valence-electron chi connectivity index (χ4n) is 1.44. The van der Waals surface area contributed by atoms with Gasteiger partial charge in [0.2, 0.25) is 0 Å². The Balaban J connectivity index is 1.82. The summed E-state index contributed by atoms with van der Waals surface area (Å²) in [6.07, 6.45) is 1.01. The zero-order valence-electron chi connectivity index (χ0n) is 11.1. The average Bonchev–Trinajstić information content (AvgIpc) is 2.42. The molecule has 0 aliphatic heterocycles. The van der Waals surface area contributed by atoms with Crippen molar-refractivity contribution < 1.29 is 14.2 Å². The molecule has 0 aliphatic carbocycles. The fourth-order valence-corrected chi connectivity index (χ4v) is 1.44. The minimum atomic E-state index is 0.598. The van der Waals surface area contributed by atoms with Crippen LogP contribution in [0, 0.1) is 0 Å². The molecule has 4 nitrogen and oxygen atoms in total. The highest BCUT2D eigenvalue weighted by molar-refractivity contribution is 5.20. The quantitative estimate of drug-likeness (QED) is 0.609. The number of hydrogen-bond donors (Lipinski definition) is 1. The summed E-state index contributed by atoms with van der Waals surface area (Å²) in [5.74, 6) is 0.891. The lowest BCUT2D eigenvalue weighted by atomic mass is 10.3. The van der Waals surface area contributed by atoms with Crippen molar-refractivity contribution in [2.24, 2.45) is 0 Å². The zero-order valence-corrected chi connectivity index (χ0v) is 11.1. The Labute approximate surface area is 109 Å². The topological polar surface area (TPSA) is 39.7 Å². The molecule has 0 fully saturated rings. The second-order valence-corrected chi connectivity index (χ2v) is 3.87. The zero-order chi connectivity index (χ0) is 12.9. The van der Waals surface area contributed by atoms with Gasteiger partial charge in [-0.25, -0.2) is 0 Å². The van der Waals surface area contributed by atoms with Crippen LogP contribution in [0.15, 0.2) is 30.3 Å².